The molecule has 1 amide bonds. The average Bonchev–Trinajstić information content (AvgIpc) is 3.04. The van der Waals surface area contributed by atoms with Gasteiger partial charge in [0.1, 0.15) is 17.1 Å². The molecule has 0 N–H and O–H groups in total. The number of aromatic nitrogens is 1. The predicted molar refractivity (Wildman–Crippen MR) is 106 cm³/mol. The van der Waals surface area contributed by atoms with Crippen molar-refractivity contribution in [1.29, 1.82) is 0 Å². The molecular weight excluding hydrogens is 356 g/mol. The Hall–Kier alpha value is -3.15. The molecule has 6 heteroatoms. The molecule has 1 aromatic carbocycles. The van der Waals surface area contributed by atoms with E-state index in [9.17, 15) is 9.59 Å². The SMILES string of the molecule is COC(=O)c1cc(CN(C)C(=O)Cc2c(C)nc3ccccc3c2C)oc1C. The quantitative estimate of drug-likeness (QED) is 0.631. The first-order valence-electron chi connectivity index (χ1n) is 9.08. The van der Waals surface area contributed by atoms with Gasteiger partial charge in [-0.05, 0) is 44.0 Å². The number of carbonyl (C=O) groups is 2. The van der Waals surface area contributed by atoms with Gasteiger partial charge in [-0.15, -0.1) is 0 Å². The van der Waals surface area contributed by atoms with E-state index in [-0.39, 0.29) is 18.9 Å². The molecule has 0 radical (unpaired) electrons. The Balaban J connectivity index is 1.78. The van der Waals surface area contributed by atoms with Crippen LogP contribution in [0.4, 0.5) is 0 Å². The van der Waals surface area contributed by atoms with Gasteiger partial charge in [0.05, 0.1) is 25.6 Å². The van der Waals surface area contributed by atoms with Gasteiger partial charge >= 0.3 is 5.97 Å². The van der Waals surface area contributed by atoms with E-state index in [1.54, 1.807) is 24.9 Å². The number of methoxy groups -OCH3 is 1. The number of pyridine rings is 1. The number of carbonyl (C=O) groups excluding carboxylic acids is 2. The number of likely N-dealkylation sites (N-methyl/N-ethyl adjacent to an activating group) is 1. The molecule has 2 aromatic heterocycles. The van der Waals surface area contributed by atoms with Crippen LogP contribution in [0.15, 0.2) is 34.7 Å². The highest BCUT2D eigenvalue weighted by Crippen LogP contribution is 2.24. The molecule has 28 heavy (non-hydrogen) atoms. The molecule has 0 unspecified atom stereocenters. The van der Waals surface area contributed by atoms with E-state index in [1.807, 2.05) is 38.1 Å². The molecule has 0 atom stereocenters. The Kier molecular flexibility index (Phi) is 5.49. The fraction of sp³-hybridized carbons (Fsp3) is 0.318. The van der Waals surface area contributed by atoms with Crippen LogP contribution in [0.3, 0.4) is 0 Å². The molecule has 0 aliphatic rings. The van der Waals surface area contributed by atoms with Crippen LogP contribution in [0.25, 0.3) is 10.9 Å². The minimum atomic E-state index is -0.449. The van der Waals surface area contributed by atoms with E-state index in [0.29, 0.717) is 17.1 Å². The lowest BCUT2D eigenvalue weighted by molar-refractivity contribution is -0.129. The summed E-state index contributed by atoms with van der Waals surface area (Å²) in [5.74, 6) is 0.527. The second-order valence-corrected chi connectivity index (χ2v) is 6.92. The molecule has 146 valence electrons. The van der Waals surface area contributed by atoms with Gasteiger partial charge in [0, 0.05) is 18.1 Å². The van der Waals surface area contributed by atoms with Crippen LogP contribution in [-0.4, -0.2) is 35.9 Å². The zero-order valence-electron chi connectivity index (χ0n) is 16.8. The molecule has 0 saturated carbocycles. The highest BCUT2D eigenvalue weighted by Gasteiger charge is 2.19. The Labute approximate surface area is 164 Å². The van der Waals surface area contributed by atoms with Crippen LogP contribution in [0.5, 0.6) is 0 Å². The third-order valence-electron chi connectivity index (χ3n) is 5.01. The van der Waals surface area contributed by atoms with Gasteiger partial charge in [-0.3, -0.25) is 9.78 Å². The van der Waals surface area contributed by atoms with E-state index in [2.05, 4.69) is 4.98 Å². The van der Waals surface area contributed by atoms with Crippen LogP contribution < -0.4 is 0 Å². The molecule has 0 fully saturated rings. The lowest BCUT2D eigenvalue weighted by Crippen LogP contribution is -2.28. The number of para-hydroxylation sites is 1. The summed E-state index contributed by atoms with van der Waals surface area (Å²) in [5.41, 5.74) is 4.19. The van der Waals surface area contributed by atoms with Gasteiger partial charge < -0.3 is 14.1 Å². The summed E-state index contributed by atoms with van der Waals surface area (Å²) in [6, 6.07) is 9.56. The van der Waals surface area contributed by atoms with Crippen molar-refractivity contribution < 1.29 is 18.7 Å². The third kappa shape index (κ3) is 3.76. The monoisotopic (exact) mass is 380 g/mol. The van der Waals surface area contributed by atoms with Crippen molar-refractivity contribution in [2.75, 3.05) is 14.2 Å². The zero-order valence-corrected chi connectivity index (χ0v) is 16.8. The van der Waals surface area contributed by atoms with Crippen LogP contribution in [0.2, 0.25) is 0 Å². The van der Waals surface area contributed by atoms with E-state index < -0.39 is 5.97 Å². The second kappa shape index (κ2) is 7.84. The summed E-state index contributed by atoms with van der Waals surface area (Å²) >= 11 is 0. The minimum absolute atomic E-state index is 0.0445. The number of hydrogen-bond donors (Lipinski definition) is 0. The molecule has 2 heterocycles. The van der Waals surface area contributed by atoms with Gasteiger partial charge in [0.2, 0.25) is 5.91 Å². The van der Waals surface area contributed by atoms with Crippen LogP contribution in [-0.2, 0) is 22.5 Å². The number of amides is 1. The first kappa shape index (κ1) is 19.6. The summed E-state index contributed by atoms with van der Waals surface area (Å²) in [6.07, 6.45) is 0.259. The maximum Gasteiger partial charge on any atom is 0.341 e. The molecule has 0 aliphatic carbocycles. The van der Waals surface area contributed by atoms with Crippen molar-refractivity contribution >= 4 is 22.8 Å². The number of esters is 1. The summed E-state index contributed by atoms with van der Waals surface area (Å²) < 4.78 is 10.3. The molecule has 0 spiro atoms. The van der Waals surface area contributed by atoms with Gasteiger partial charge in [-0.25, -0.2) is 4.79 Å². The lowest BCUT2D eigenvalue weighted by Gasteiger charge is -2.18. The summed E-state index contributed by atoms with van der Waals surface area (Å²) in [5, 5.41) is 1.06. The number of aryl methyl sites for hydroxylation is 3. The highest BCUT2D eigenvalue weighted by atomic mass is 16.5. The number of nitrogens with zero attached hydrogens (tertiary/aromatic N) is 2. The van der Waals surface area contributed by atoms with Gasteiger partial charge in [-0.2, -0.15) is 0 Å². The van der Waals surface area contributed by atoms with E-state index in [1.165, 1.54) is 7.11 Å². The molecular formula is C22H24N2O4. The standard InChI is InChI=1S/C22H24N2O4/c1-13-17-8-6-7-9-20(17)23-14(2)18(13)11-21(25)24(4)12-16-10-19(15(3)28-16)22(26)27-5/h6-10H,11-12H2,1-5H3. The summed E-state index contributed by atoms with van der Waals surface area (Å²) in [6.45, 7) is 5.93. The smallest absolute Gasteiger partial charge is 0.341 e. The second-order valence-electron chi connectivity index (χ2n) is 6.92. The van der Waals surface area contributed by atoms with Gasteiger partial charge in [0.25, 0.3) is 0 Å². The van der Waals surface area contributed by atoms with E-state index in [0.717, 1.165) is 27.7 Å². The molecule has 0 aliphatic heterocycles. The van der Waals surface area contributed by atoms with Crippen molar-refractivity contribution in [3.8, 4) is 0 Å². The fourth-order valence-electron chi connectivity index (χ4n) is 3.37. The topological polar surface area (TPSA) is 72.6 Å². The van der Waals surface area contributed by atoms with E-state index in [4.69, 9.17) is 9.15 Å². The molecule has 0 saturated heterocycles. The number of ether oxygens (including phenoxy) is 1. The van der Waals surface area contributed by atoms with Crippen molar-refractivity contribution in [1.82, 2.24) is 9.88 Å². The Morgan fingerprint density at radius 2 is 1.89 bits per heavy atom. The maximum absolute atomic E-state index is 12.8. The van der Waals surface area contributed by atoms with Crippen molar-refractivity contribution in [3.05, 3.63) is 64.2 Å². The maximum atomic E-state index is 12.8. The predicted octanol–water partition coefficient (Wildman–Crippen LogP) is 3.74. The average molecular weight is 380 g/mol. The number of rotatable bonds is 5. The van der Waals surface area contributed by atoms with Crippen molar-refractivity contribution in [2.45, 2.75) is 33.7 Å². The van der Waals surface area contributed by atoms with Gasteiger partial charge in [0.15, 0.2) is 0 Å². The third-order valence-corrected chi connectivity index (χ3v) is 5.01. The Bertz CT molecular complexity index is 1050. The van der Waals surface area contributed by atoms with Crippen molar-refractivity contribution in [2.24, 2.45) is 0 Å². The fourth-order valence-corrected chi connectivity index (χ4v) is 3.37. The Morgan fingerprint density at radius 1 is 1.18 bits per heavy atom. The molecule has 0 bridgehead atoms. The van der Waals surface area contributed by atoms with E-state index >= 15 is 0 Å². The van der Waals surface area contributed by atoms with Crippen LogP contribution >= 0.6 is 0 Å². The summed E-state index contributed by atoms with van der Waals surface area (Å²) in [7, 11) is 3.05. The van der Waals surface area contributed by atoms with Crippen molar-refractivity contribution in [3.63, 3.8) is 0 Å². The first-order chi connectivity index (χ1) is 13.3. The molecule has 3 rings (SSSR count). The minimum Gasteiger partial charge on any atom is -0.465 e. The normalized spacial score (nSPS) is 10.9. The van der Waals surface area contributed by atoms with Crippen LogP contribution in [0.1, 0.15) is 38.7 Å². The number of furan rings is 1. The Morgan fingerprint density at radius 3 is 2.61 bits per heavy atom. The zero-order chi connectivity index (χ0) is 20.4. The number of hydrogen-bond acceptors (Lipinski definition) is 5. The largest absolute Gasteiger partial charge is 0.465 e. The van der Waals surface area contributed by atoms with Gasteiger partial charge in [-0.1, -0.05) is 18.2 Å². The first-order valence-corrected chi connectivity index (χ1v) is 9.08. The van der Waals surface area contributed by atoms with Crippen LogP contribution in [0, 0.1) is 20.8 Å². The molecule has 6 nitrogen and oxygen atoms in total. The number of benzene rings is 1. The highest BCUT2D eigenvalue weighted by molar-refractivity contribution is 5.90. The summed E-state index contributed by atoms with van der Waals surface area (Å²) in [4.78, 5) is 30.8. The molecule has 3 aromatic rings. The lowest BCUT2D eigenvalue weighted by atomic mass is 9.99. The number of fused-ring (bicyclic) bond motifs is 1.